The number of nitrogens with zero attached hydrogens (tertiary/aromatic N) is 3. The number of hydrogen-bond donors (Lipinski definition) is 0. The van der Waals surface area contributed by atoms with E-state index in [0.29, 0.717) is 0 Å². The first-order valence-corrected chi connectivity index (χ1v) is 16.4. The van der Waals surface area contributed by atoms with Gasteiger partial charge in [0.25, 0.3) is 0 Å². The number of rotatable bonds is 4. The number of hydrogen-bond acceptors (Lipinski definition) is 2. The molecule has 1 aliphatic rings. The van der Waals surface area contributed by atoms with Crippen LogP contribution in [0.25, 0.3) is 71.9 Å². The van der Waals surface area contributed by atoms with Crippen molar-refractivity contribution < 1.29 is 0 Å². The third kappa shape index (κ3) is 3.91. The van der Waals surface area contributed by atoms with Gasteiger partial charge < -0.3 is 4.90 Å². The van der Waals surface area contributed by atoms with E-state index in [9.17, 15) is 0 Å². The second-order valence-corrected chi connectivity index (χ2v) is 12.4. The van der Waals surface area contributed by atoms with E-state index in [1.54, 1.807) is 0 Å². The summed E-state index contributed by atoms with van der Waals surface area (Å²) in [7, 11) is 0. The van der Waals surface area contributed by atoms with Gasteiger partial charge >= 0.3 is 0 Å². The second-order valence-electron chi connectivity index (χ2n) is 12.4. The van der Waals surface area contributed by atoms with Gasteiger partial charge in [-0.3, -0.25) is 4.57 Å². The molecule has 0 aliphatic carbocycles. The average molecular weight is 612 g/mol. The van der Waals surface area contributed by atoms with Gasteiger partial charge in [-0.2, -0.15) is 0 Å². The Kier molecular flexibility index (Phi) is 5.87. The average Bonchev–Trinajstić information content (AvgIpc) is 3.56. The van der Waals surface area contributed by atoms with E-state index >= 15 is 0 Å². The van der Waals surface area contributed by atoms with Crippen LogP contribution in [0.1, 0.15) is 0 Å². The highest BCUT2D eigenvalue weighted by Crippen LogP contribution is 2.50. The lowest BCUT2D eigenvalue weighted by atomic mass is 9.85. The predicted octanol–water partition coefficient (Wildman–Crippen LogP) is 12.1. The molecule has 224 valence electrons. The number of anilines is 3. The number of para-hydroxylation sites is 3. The van der Waals surface area contributed by atoms with Crippen LogP contribution in [0.2, 0.25) is 0 Å². The van der Waals surface area contributed by atoms with Gasteiger partial charge in [0.05, 0.1) is 28.1 Å². The number of fused-ring (bicyclic) bond motifs is 4. The fraction of sp³-hybridized carbons (Fsp3) is 0. The normalized spacial score (nSPS) is 12.1. The Hall–Kier alpha value is -6.45. The van der Waals surface area contributed by atoms with Crippen LogP contribution in [0.15, 0.2) is 176 Å². The van der Waals surface area contributed by atoms with Gasteiger partial charge in [-0.25, -0.2) is 4.98 Å². The van der Waals surface area contributed by atoms with E-state index in [1.165, 1.54) is 43.8 Å². The van der Waals surface area contributed by atoms with Crippen molar-refractivity contribution in [2.75, 3.05) is 4.90 Å². The molecule has 9 aromatic rings. The monoisotopic (exact) mass is 611 g/mol. The van der Waals surface area contributed by atoms with E-state index in [2.05, 4.69) is 185 Å². The zero-order valence-corrected chi connectivity index (χ0v) is 26.1. The molecular formula is C45H29N3. The maximum atomic E-state index is 5.20. The highest BCUT2D eigenvalue weighted by atomic mass is 15.2. The third-order valence-electron chi connectivity index (χ3n) is 9.68. The van der Waals surface area contributed by atoms with Gasteiger partial charge in [-0.05, 0) is 80.2 Å². The molecule has 0 bridgehead atoms. The molecule has 0 unspecified atom stereocenters. The SMILES string of the molecule is c1ccc(-c2c3ccccc3c(-c3ccccc3)c3cc(N4c5ccccc5-n5c(-c6ccccc6)nc6cccc4c65)ccc23)cc1. The Morgan fingerprint density at radius 1 is 0.375 bits per heavy atom. The molecule has 0 fully saturated rings. The van der Waals surface area contributed by atoms with E-state index in [0.717, 1.165) is 45.2 Å². The number of aromatic nitrogens is 2. The van der Waals surface area contributed by atoms with Crippen LogP contribution in [0.3, 0.4) is 0 Å². The highest BCUT2D eigenvalue weighted by Gasteiger charge is 2.29. The quantitative estimate of drug-likeness (QED) is 0.185. The van der Waals surface area contributed by atoms with Crippen molar-refractivity contribution in [2.24, 2.45) is 0 Å². The predicted molar refractivity (Wildman–Crippen MR) is 201 cm³/mol. The minimum atomic E-state index is 0.953. The lowest BCUT2D eigenvalue weighted by molar-refractivity contribution is 1.06. The smallest absolute Gasteiger partial charge is 0.145 e. The van der Waals surface area contributed by atoms with Crippen LogP contribution in [0.4, 0.5) is 17.1 Å². The maximum absolute atomic E-state index is 5.20. The van der Waals surface area contributed by atoms with Crippen LogP contribution in [0, 0.1) is 0 Å². The van der Waals surface area contributed by atoms with Crippen molar-refractivity contribution >= 4 is 49.6 Å². The molecule has 10 rings (SSSR count). The summed E-state index contributed by atoms with van der Waals surface area (Å²) in [5, 5.41) is 4.97. The minimum absolute atomic E-state index is 0.953. The molecule has 1 aromatic heterocycles. The van der Waals surface area contributed by atoms with Crippen LogP contribution >= 0.6 is 0 Å². The molecule has 3 heteroatoms. The van der Waals surface area contributed by atoms with Gasteiger partial charge in [0, 0.05) is 11.3 Å². The van der Waals surface area contributed by atoms with Crippen molar-refractivity contribution in [1.29, 1.82) is 0 Å². The molecule has 0 saturated heterocycles. The van der Waals surface area contributed by atoms with E-state index in [-0.39, 0.29) is 0 Å². The van der Waals surface area contributed by atoms with Crippen molar-refractivity contribution in [1.82, 2.24) is 9.55 Å². The van der Waals surface area contributed by atoms with Crippen molar-refractivity contribution in [3.05, 3.63) is 176 Å². The van der Waals surface area contributed by atoms with Crippen LogP contribution in [-0.2, 0) is 0 Å². The summed E-state index contributed by atoms with van der Waals surface area (Å²) in [4.78, 5) is 7.62. The topological polar surface area (TPSA) is 21.1 Å². The van der Waals surface area contributed by atoms with E-state index in [4.69, 9.17) is 4.98 Å². The van der Waals surface area contributed by atoms with Crippen LogP contribution in [0.5, 0.6) is 0 Å². The van der Waals surface area contributed by atoms with Gasteiger partial charge in [-0.15, -0.1) is 0 Å². The highest BCUT2D eigenvalue weighted by molar-refractivity contribution is 6.22. The molecule has 8 aromatic carbocycles. The van der Waals surface area contributed by atoms with E-state index in [1.807, 2.05) is 0 Å². The van der Waals surface area contributed by atoms with Gasteiger partial charge in [0.15, 0.2) is 0 Å². The fourth-order valence-corrected chi connectivity index (χ4v) is 7.69. The summed E-state index contributed by atoms with van der Waals surface area (Å²) in [5.74, 6) is 0.953. The molecule has 0 N–H and O–H groups in total. The maximum Gasteiger partial charge on any atom is 0.145 e. The van der Waals surface area contributed by atoms with Crippen molar-refractivity contribution in [2.45, 2.75) is 0 Å². The molecule has 0 saturated carbocycles. The first kappa shape index (κ1) is 26.7. The first-order valence-electron chi connectivity index (χ1n) is 16.4. The Morgan fingerprint density at radius 2 is 0.896 bits per heavy atom. The zero-order valence-electron chi connectivity index (χ0n) is 26.1. The summed E-state index contributed by atoms with van der Waals surface area (Å²) in [6.45, 7) is 0. The Balaban J connectivity index is 1.30. The molecular weight excluding hydrogens is 583 g/mol. The van der Waals surface area contributed by atoms with Crippen LogP contribution < -0.4 is 4.90 Å². The fourth-order valence-electron chi connectivity index (χ4n) is 7.69. The second kappa shape index (κ2) is 10.5. The molecule has 0 radical (unpaired) electrons. The summed E-state index contributed by atoms with van der Waals surface area (Å²) in [5.41, 5.74) is 12.6. The summed E-state index contributed by atoms with van der Waals surface area (Å²) in [6, 6.07) is 63.2. The summed E-state index contributed by atoms with van der Waals surface area (Å²) < 4.78 is 2.34. The standard InChI is InChI=1S/C45H29N3/c1-4-15-30(16-5-1)42-34-21-10-11-22-35(34)43(31-17-6-2-7-18-31)37-29-33(27-28-36(37)42)47-39-24-12-13-25-40(39)48-44-38(23-14-26-41(44)47)46-45(48)32-19-8-3-9-20-32/h1-29H. The molecule has 2 heterocycles. The lowest BCUT2D eigenvalue weighted by Gasteiger charge is -2.33. The van der Waals surface area contributed by atoms with Crippen molar-refractivity contribution in [3.8, 4) is 39.3 Å². The molecule has 48 heavy (non-hydrogen) atoms. The largest absolute Gasteiger partial charge is 0.306 e. The third-order valence-corrected chi connectivity index (χ3v) is 9.68. The Morgan fingerprint density at radius 3 is 1.56 bits per heavy atom. The first-order chi connectivity index (χ1) is 23.8. The van der Waals surface area contributed by atoms with Gasteiger partial charge in [-0.1, -0.05) is 140 Å². The lowest BCUT2D eigenvalue weighted by Crippen LogP contribution is -2.18. The number of imidazole rings is 1. The van der Waals surface area contributed by atoms with E-state index < -0.39 is 0 Å². The molecule has 0 amide bonds. The van der Waals surface area contributed by atoms with Crippen molar-refractivity contribution in [3.63, 3.8) is 0 Å². The number of benzene rings is 8. The summed E-state index contributed by atoms with van der Waals surface area (Å²) >= 11 is 0. The van der Waals surface area contributed by atoms with Crippen LogP contribution in [-0.4, -0.2) is 9.55 Å². The summed E-state index contributed by atoms with van der Waals surface area (Å²) in [6.07, 6.45) is 0. The molecule has 0 spiro atoms. The molecule has 0 atom stereocenters. The zero-order chi connectivity index (χ0) is 31.6. The Bertz CT molecular complexity index is 2660. The molecule has 1 aliphatic heterocycles. The molecule has 3 nitrogen and oxygen atoms in total. The Labute approximate surface area is 278 Å². The van der Waals surface area contributed by atoms with Gasteiger partial charge in [0.2, 0.25) is 0 Å². The minimum Gasteiger partial charge on any atom is -0.306 e. The van der Waals surface area contributed by atoms with Gasteiger partial charge in [0.1, 0.15) is 5.82 Å².